The van der Waals surface area contributed by atoms with Gasteiger partial charge in [-0.1, -0.05) is 12.8 Å². The lowest BCUT2D eigenvalue weighted by molar-refractivity contribution is -0.130. The van der Waals surface area contributed by atoms with Crippen molar-refractivity contribution in [2.75, 3.05) is 0 Å². The number of nitrogens with zero attached hydrogens (tertiary/aromatic N) is 2. The van der Waals surface area contributed by atoms with E-state index in [0.29, 0.717) is 0 Å². The van der Waals surface area contributed by atoms with Gasteiger partial charge in [-0.3, -0.25) is 9.59 Å². The van der Waals surface area contributed by atoms with Gasteiger partial charge in [0.25, 0.3) is 0 Å². The van der Waals surface area contributed by atoms with Crippen molar-refractivity contribution in [2.24, 2.45) is 5.92 Å². The molecule has 3 rings (SSSR count). The van der Waals surface area contributed by atoms with Gasteiger partial charge in [0.2, 0.25) is 11.8 Å². The largest absolute Gasteiger partial charge is 0.350 e. The van der Waals surface area contributed by atoms with Gasteiger partial charge >= 0.3 is 0 Å². The summed E-state index contributed by atoms with van der Waals surface area (Å²) in [7, 11) is 0. The van der Waals surface area contributed by atoms with E-state index < -0.39 is 0 Å². The molecule has 126 valence electrons. The van der Waals surface area contributed by atoms with Crippen molar-refractivity contribution < 1.29 is 9.59 Å². The van der Waals surface area contributed by atoms with Crippen LogP contribution in [0.15, 0.2) is 6.20 Å². The van der Waals surface area contributed by atoms with Gasteiger partial charge in [0.05, 0.1) is 5.69 Å². The summed E-state index contributed by atoms with van der Waals surface area (Å²) in [4.78, 5) is 28.7. The molecule has 1 aromatic heterocycles. The number of carbonyl (C=O) groups excluding carboxylic acids is 2. The molecule has 1 aliphatic carbocycles. The van der Waals surface area contributed by atoms with Crippen molar-refractivity contribution in [1.82, 2.24) is 20.2 Å². The Morgan fingerprint density at radius 2 is 2.04 bits per heavy atom. The number of rotatable bonds is 4. The van der Waals surface area contributed by atoms with E-state index >= 15 is 0 Å². The van der Waals surface area contributed by atoms with Gasteiger partial charge in [-0.15, -0.1) is 0 Å². The fourth-order valence-corrected chi connectivity index (χ4v) is 3.90. The molecule has 0 aromatic carbocycles. The topological polar surface area (TPSA) is 76.0 Å². The Hall–Kier alpha value is -1.85. The average molecular weight is 318 g/mol. The molecule has 2 heterocycles. The zero-order valence-corrected chi connectivity index (χ0v) is 14.0. The number of amides is 2. The summed E-state index contributed by atoms with van der Waals surface area (Å²) in [6.45, 7) is 4.24. The number of aryl methyl sites for hydroxylation is 2. The highest BCUT2D eigenvalue weighted by Gasteiger charge is 2.33. The Kier molecular flexibility index (Phi) is 4.68. The Morgan fingerprint density at radius 1 is 1.30 bits per heavy atom. The summed E-state index contributed by atoms with van der Waals surface area (Å²) in [5.41, 5.74) is 1.02. The lowest BCUT2D eigenvalue weighted by Gasteiger charge is -2.29. The van der Waals surface area contributed by atoms with Gasteiger partial charge in [0.15, 0.2) is 0 Å². The summed E-state index contributed by atoms with van der Waals surface area (Å²) in [5.74, 6) is 1.21. The third-order valence-electron chi connectivity index (χ3n) is 4.97. The molecule has 2 atom stereocenters. The molecular formula is C17H26N4O2. The average Bonchev–Trinajstić information content (AvgIpc) is 3.12. The normalized spacial score (nSPS) is 22.4. The van der Waals surface area contributed by atoms with Crippen molar-refractivity contribution >= 4 is 11.8 Å². The second kappa shape index (κ2) is 6.72. The first kappa shape index (κ1) is 16.0. The summed E-state index contributed by atoms with van der Waals surface area (Å²) in [6, 6.07) is -0.276. The van der Waals surface area contributed by atoms with E-state index in [0.717, 1.165) is 56.6 Å². The maximum Gasteiger partial charge on any atom is 0.243 e. The number of imidazole rings is 1. The van der Waals surface area contributed by atoms with Crippen LogP contribution in [0.5, 0.6) is 0 Å². The number of carbonyl (C=O) groups is 2. The van der Waals surface area contributed by atoms with Gasteiger partial charge < -0.3 is 15.2 Å². The molecule has 0 bridgehead atoms. The molecule has 1 fully saturated rings. The van der Waals surface area contributed by atoms with Gasteiger partial charge in [0, 0.05) is 32.1 Å². The summed E-state index contributed by atoms with van der Waals surface area (Å²) < 4.78 is 2.13. The highest BCUT2D eigenvalue weighted by atomic mass is 16.2. The van der Waals surface area contributed by atoms with Crippen molar-refractivity contribution in [2.45, 2.75) is 71.0 Å². The minimum atomic E-state index is -0.388. The molecule has 0 unspecified atom stereocenters. The maximum absolute atomic E-state index is 12.7. The number of fused-ring (bicyclic) bond motifs is 1. The van der Waals surface area contributed by atoms with Crippen molar-refractivity contribution in [1.29, 1.82) is 0 Å². The van der Waals surface area contributed by atoms with Gasteiger partial charge in [-0.25, -0.2) is 4.98 Å². The van der Waals surface area contributed by atoms with Gasteiger partial charge in [-0.2, -0.15) is 0 Å². The zero-order chi connectivity index (χ0) is 16.4. The molecule has 2 N–H and O–H groups in total. The molecule has 1 aromatic rings. The fourth-order valence-electron chi connectivity index (χ4n) is 3.90. The smallest absolute Gasteiger partial charge is 0.243 e. The third-order valence-corrected chi connectivity index (χ3v) is 4.97. The number of aromatic nitrogens is 2. The SMILES string of the molecule is CC(=O)N[C@@H](C(=O)N[C@@H]1CCc2nc(C)cn2C1)C1CCCC1. The maximum atomic E-state index is 12.7. The molecule has 6 nitrogen and oxygen atoms in total. The second-order valence-electron chi connectivity index (χ2n) is 6.92. The summed E-state index contributed by atoms with van der Waals surface area (Å²) >= 11 is 0. The van der Waals surface area contributed by atoms with E-state index in [1.807, 2.05) is 13.1 Å². The third kappa shape index (κ3) is 3.74. The molecule has 2 amide bonds. The Labute approximate surface area is 137 Å². The molecule has 1 aliphatic heterocycles. The lowest BCUT2D eigenvalue weighted by atomic mass is 9.96. The first-order chi connectivity index (χ1) is 11.0. The van der Waals surface area contributed by atoms with Crippen LogP contribution in [-0.4, -0.2) is 33.4 Å². The molecule has 0 radical (unpaired) electrons. The fraction of sp³-hybridized carbons (Fsp3) is 0.706. The van der Waals surface area contributed by atoms with Crippen molar-refractivity contribution in [3.8, 4) is 0 Å². The molecule has 0 saturated heterocycles. The monoisotopic (exact) mass is 318 g/mol. The Morgan fingerprint density at radius 3 is 2.74 bits per heavy atom. The molecule has 23 heavy (non-hydrogen) atoms. The summed E-state index contributed by atoms with van der Waals surface area (Å²) in [5, 5.41) is 6.01. The predicted molar refractivity (Wildman–Crippen MR) is 86.8 cm³/mol. The lowest BCUT2D eigenvalue weighted by Crippen LogP contribution is -2.53. The highest BCUT2D eigenvalue weighted by molar-refractivity contribution is 5.87. The molecule has 0 spiro atoms. The Bertz CT molecular complexity index is 589. The Balaban J connectivity index is 1.63. The van der Waals surface area contributed by atoms with Crippen LogP contribution >= 0.6 is 0 Å². The van der Waals surface area contributed by atoms with Gasteiger partial charge in [0.1, 0.15) is 11.9 Å². The molecule has 6 heteroatoms. The van der Waals surface area contributed by atoms with E-state index in [-0.39, 0.29) is 29.8 Å². The minimum Gasteiger partial charge on any atom is -0.350 e. The highest BCUT2D eigenvalue weighted by Crippen LogP contribution is 2.28. The first-order valence-electron chi connectivity index (χ1n) is 8.63. The van der Waals surface area contributed by atoms with E-state index in [1.165, 1.54) is 6.92 Å². The standard InChI is InChI=1S/C17H26N4O2/c1-11-9-21-10-14(7-8-15(21)18-11)20-17(23)16(19-12(2)22)13-5-3-4-6-13/h9,13-14,16H,3-8,10H2,1-2H3,(H,19,22)(H,20,23)/t14-,16-/m1/s1. The van der Waals surface area contributed by atoms with Crippen LogP contribution in [-0.2, 0) is 22.6 Å². The molecule has 2 aliphatic rings. The van der Waals surface area contributed by atoms with Crippen LogP contribution in [0.2, 0.25) is 0 Å². The van der Waals surface area contributed by atoms with Crippen LogP contribution in [0.3, 0.4) is 0 Å². The van der Waals surface area contributed by atoms with Crippen molar-refractivity contribution in [3.63, 3.8) is 0 Å². The second-order valence-corrected chi connectivity index (χ2v) is 6.92. The number of hydrogen-bond donors (Lipinski definition) is 2. The van der Waals surface area contributed by atoms with Crippen LogP contribution in [0.4, 0.5) is 0 Å². The number of nitrogens with one attached hydrogen (secondary N) is 2. The molecular weight excluding hydrogens is 292 g/mol. The van der Waals surface area contributed by atoms with Crippen LogP contribution in [0, 0.1) is 12.8 Å². The zero-order valence-electron chi connectivity index (χ0n) is 14.0. The van der Waals surface area contributed by atoms with Crippen LogP contribution < -0.4 is 10.6 Å². The van der Waals surface area contributed by atoms with Crippen LogP contribution in [0.1, 0.15) is 50.5 Å². The van der Waals surface area contributed by atoms with E-state index in [4.69, 9.17) is 0 Å². The van der Waals surface area contributed by atoms with E-state index in [9.17, 15) is 9.59 Å². The predicted octanol–water partition coefficient (Wildman–Crippen LogP) is 1.32. The minimum absolute atomic E-state index is 0.0302. The van der Waals surface area contributed by atoms with E-state index in [1.54, 1.807) is 0 Å². The quantitative estimate of drug-likeness (QED) is 0.879. The van der Waals surface area contributed by atoms with Gasteiger partial charge in [-0.05, 0) is 32.1 Å². The first-order valence-corrected chi connectivity index (χ1v) is 8.63. The summed E-state index contributed by atoms with van der Waals surface area (Å²) in [6.07, 6.45) is 8.16. The molecule has 1 saturated carbocycles. The van der Waals surface area contributed by atoms with E-state index in [2.05, 4.69) is 20.2 Å². The van der Waals surface area contributed by atoms with Crippen LogP contribution in [0.25, 0.3) is 0 Å². The number of hydrogen-bond acceptors (Lipinski definition) is 3. The van der Waals surface area contributed by atoms with Crippen molar-refractivity contribution in [3.05, 3.63) is 17.7 Å².